The van der Waals surface area contributed by atoms with E-state index in [0.29, 0.717) is 12.1 Å². The van der Waals surface area contributed by atoms with Crippen molar-refractivity contribution in [3.8, 4) is 12.3 Å². The van der Waals surface area contributed by atoms with E-state index in [1.807, 2.05) is 0 Å². The van der Waals surface area contributed by atoms with Crippen molar-refractivity contribution in [3.05, 3.63) is 35.6 Å². The maximum absolute atomic E-state index is 12.7. The van der Waals surface area contributed by atoms with Crippen molar-refractivity contribution in [1.82, 2.24) is 10.6 Å². The van der Waals surface area contributed by atoms with Gasteiger partial charge in [-0.05, 0) is 17.7 Å². The van der Waals surface area contributed by atoms with Gasteiger partial charge in [0.05, 0.1) is 19.2 Å². The van der Waals surface area contributed by atoms with E-state index in [4.69, 9.17) is 6.42 Å². The lowest BCUT2D eigenvalue weighted by Crippen LogP contribution is -2.36. The Hall–Kier alpha value is -1.90. The smallest absolute Gasteiger partial charge is 0.234 e. The monoisotopic (exact) mass is 250 g/mol. The molecule has 0 aromatic heterocycles. The third-order valence-electron chi connectivity index (χ3n) is 2.26. The number of nitrogens with one attached hydrogen (secondary N) is 2. The molecule has 5 heteroatoms. The zero-order chi connectivity index (χ0) is 13.4. The number of benzene rings is 1. The Morgan fingerprint density at radius 2 is 2.11 bits per heavy atom. The van der Waals surface area contributed by atoms with Crippen molar-refractivity contribution in [2.45, 2.75) is 6.10 Å². The second-order valence-electron chi connectivity index (χ2n) is 3.68. The number of aliphatic hydroxyl groups excluding tert-OH is 1. The number of aliphatic hydroxyl groups is 1. The van der Waals surface area contributed by atoms with Gasteiger partial charge >= 0.3 is 0 Å². The van der Waals surface area contributed by atoms with Gasteiger partial charge in [0, 0.05) is 6.54 Å². The fourth-order valence-electron chi connectivity index (χ4n) is 1.32. The molecule has 1 aromatic carbocycles. The number of terminal acetylenes is 1. The molecule has 1 atom stereocenters. The molecule has 0 bridgehead atoms. The number of carbonyl (C=O) groups is 1. The van der Waals surface area contributed by atoms with Crippen molar-refractivity contribution in [3.63, 3.8) is 0 Å². The molecule has 0 fully saturated rings. The summed E-state index contributed by atoms with van der Waals surface area (Å²) in [5, 5.41) is 15.0. The highest BCUT2D eigenvalue weighted by Gasteiger charge is 2.09. The summed E-state index contributed by atoms with van der Waals surface area (Å²) < 4.78 is 12.7. The lowest BCUT2D eigenvalue weighted by molar-refractivity contribution is -0.120. The lowest BCUT2D eigenvalue weighted by Gasteiger charge is -2.12. The summed E-state index contributed by atoms with van der Waals surface area (Å²) in [6.07, 6.45) is 4.15. The molecule has 3 N–H and O–H groups in total. The third kappa shape index (κ3) is 4.95. The standard InChI is InChI=1S/C13H15FN2O2/c1-2-7-15-9-13(18)16-8-12(17)10-3-5-11(14)6-4-10/h1,3-6,12,15,17H,7-9H2,(H,16,18)/t12-/m0/s1. The second kappa shape index (κ2) is 7.43. The lowest BCUT2D eigenvalue weighted by atomic mass is 10.1. The molecule has 1 amide bonds. The van der Waals surface area contributed by atoms with Crippen molar-refractivity contribution in [2.24, 2.45) is 0 Å². The van der Waals surface area contributed by atoms with Crippen molar-refractivity contribution in [1.29, 1.82) is 0 Å². The van der Waals surface area contributed by atoms with E-state index in [1.165, 1.54) is 24.3 Å². The quantitative estimate of drug-likeness (QED) is 0.499. The van der Waals surface area contributed by atoms with Gasteiger partial charge in [-0.2, -0.15) is 0 Å². The minimum Gasteiger partial charge on any atom is -0.387 e. The number of rotatable bonds is 6. The first-order chi connectivity index (χ1) is 8.63. The van der Waals surface area contributed by atoms with Crippen LogP contribution in [0.4, 0.5) is 4.39 Å². The van der Waals surface area contributed by atoms with Crippen LogP contribution in [-0.2, 0) is 4.79 Å². The normalized spacial score (nSPS) is 11.6. The van der Waals surface area contributed by atoms with E-state index in [0.717, 1.165) is 0 Å². The van der Waals surface area contributed by atoms with E-state index >= 15 is 0 Å². The highest BCUT2D eigenvalue weighted by Crippen LogP contribution is 2.12. The van der Waals surface area contributed by atoms with Crippen LogP contribution in [0.1, 0.15) is 11.7 Å². The summed E-state index contributed by atoms with van der Waals surface area (Å²) in [5.74, 6) is 1.72. The first-order valence-corrected chi connectivity index (χ1v) is 5.48. The Balaban J connectivity index is 2.32. The maximum atomic E-state index is 12.7. The fourth-order valence-corrected chi connectivity index (χ4v) is 1.32. The molecular formula is C13H15FN2O2. The van der Waals surface area contributed by atoms with Gasteiger partial charge in [0.15, 0.2) is 0 Å². The Bertz CT molecular complexity index is 426. The summed E-state index contributed by atoms with van der Waals surface area (Å²) in [6.45, 7) is 0.483. The van der Waals surface area contributed by atoms with Crippen LogP contribution in [0.5, 0.6) is 0 Å². The van der Waals surface area contributed by atoms with Gasteiger partial charge in [-0.15, -0.1) is 6.42 Å². The van der Waals surface area contributed by atoms with Crippen LogP contribution in [0.3, 0.4) is 0 Å². The molecule has 0 spiro atoms. The SMILES string of the molecule is C#CCNCC(=O)NC[C@H](O)c1ccc(F)cc1. The van der Waals surface area contributed by atoms with Crippen molar-refractivity contribution >= 4 is 5.91 Å². The molecule has 18 heavy (non-hydrogen) atoms. The van der Waals surface area contributed by atoms with Gasteiger partial charge in [0.2, 0.25) is 5.91 Å². The highest BCUT2D eigenvalue weighted by atomic mass is 19.1. The van der Waals surface area contributed by atoms with Crippen molar-refractivity contribution < 1.29 is 14.3 Å². The number of hydrogen-bond donors (Lipinski definition) is 3. The molecule has 96 valence electrons. The zero-order valence-corrected chi connectivity index (χ0v) is 9.82. The predicted molar refractivity (Wildman–Crippen MR) is 66.1 cm³/mol. The zero-order valence-electron chi connectivity index (χ0n) is 9.82. The maximum Gasteiger partial charge on any atom is 0.234 e. The number of hydrogen-bond acceptors (Lipinski definition) is 3. The third-order valence-corrected chi connectivity index (χ3v) is 2.26. The molecule has 4 nitrogen and oxygen atoms in total. The number of amides is 1. The van der Waals surface area contributed by atoms with Gasteiger partial charge in [-0.1, -0.05) is 18.1 Å². The summed E-state index contributed by atoms with van der Waals surface area (Å²) in [4.78, 5) is 11.3. The van der Waals surface area contributed by atoms with E-state index in [2.05, 4.69) is 16.6 Å². The van der Waals surface area contributed by atoms with Crippen LogP contribution >= 0.6 is 0 Å². The summed E-state index contributed by atoms with van der Waals surface area (Å²) in [7, 11) is 0. The van der Waals surface area contributed by atoms with Crippen molar-refractivity contribution in [2.75, 3.05) is 19.6 Å². The number of carbonyl (C=O) groups excluding carboxylic acids is 1. The largest absolute Gasteiger partial charge is 0.387 e. The van der Waals surface area contributed by atoms with Crippen LogP contribution < -0.4 is 10.6 Å². The molecule has 0 radical (unpaired) electrons. The average molecular weight is 250 g/mol. The predicted octanol–water partition coefficient (Wildman–Crippen LogP) is 0.198. The Morgan fingerprint density at radius 3 is 2.72 bits per heavy atom. The molecule has 0 saturated heterocycles. The first-order valence-electron chi connectivity index (χ1n) is 5.48. The van der Waals surface area contributed by atoms with Gasteiger partial charge in [-0.25, -0.2) is 4.39 Å². The van der Waals surface area contributed by atoms with Crippen LogP contribution in [0.2, 0.25) is 0 Å². The molecule has 1 aromatic rings. The summed E-state index contributed by atoms with van der Waals surface area (Å²) in [6, 6.07) is 5.47. The second-order valence-corrected chi connectivity index (χ2v) is 3.68. The Morgan fingerprint density at radius 1 is 1.44 bits per heavy atom. The van der Waals surface area contributed by atoms with Crippen LogP contribution in [0, 0.1) is 18.2 Å². The molecule has 0 unspecified atom stereocenters. The van der Waals surface area contributed by atoms with Gasteiger partial charge < -0.3 is 10.4 Å². The van der Waals surface area contributed by atoms with Crippen LogP contribution in [-0.4, -0.2) is 30.6 Å². The summed E-state index contributed by atoms with van der Waals surface area (Å²) in [5.41, 5.74) is 0.549. The fraction of sp³-hybridized carbons (Fsp3) is 0.308. The van der Waals surface area contributed by atoms with Gasteiger partial charge in [-0.3, -0.25) is 10.1 Å². The highest BCUT2D eigenvalue weighted by molar-refractivity contribution is 5.78. The molecular weight excluding hydrogens is 235 g/mol. The van der Waals surface area contributed by atoms with E-state index in [-0.39, 0.29) is 24.8 Å². The topological polar surface area (TPSA) is 61.4 Å². The Kier molecular flexibility index (Phi) is 5.85. The van der Waals surface area contributed by atoms with E-state index < -0.39 is 6.10 Å². The minimum absolute atomic E-state index is 0.0716. The average Bonchev–Trinajstić information content (AvgIpc) is 2.37. The first kappa shape index (κ1) is 14.2. The molecule has 1 rings (SSSR count). The molecule has 0 aliphatic carbocycles. The molecule has 0 aliphatic rings. The van der Waals surface area contributed by atoms with Gasteiger partial charge in [0.1, 0.15) is 5.82 Å². The molecule has 0 aliphatic heterocycles. The number of halogens is 1. The summed E-state index contributed by atoms with van der Waals surface area (Å²) >= 11 is 0. The molecule has 0 heterocycles. The van der Waals surface area contributed by atoms with E-state index in [1.54, 1.807) is 0 Å². The van der Waals surface area contributed by atoms with Crippen LogP contribution in [0.25, 0.3) is 0 Å². The molecule has 0 saturated carbocycles. The van der Waals surface area contributed by atoms with Gasteiger partial charge in [0.25, 0.3) is 0 Å². The van der Waals surface area contributed by atoms with Crippen LogP contribution in [0.15, 0.2) is 24.3 Å². The Labute approximate surface area is 105 Å². The van der Waals surface area contributed by atoms with E-state index in [9.17, 15) is 14.3 Å². The minimum atomic E-state index is -0.859.